The van der Waals surface area contributed by atoms with Crippen molar-refractivity contribution in [3.63, 3.8) is 0 Å². The van der Waals surface area contributed by atoms with Crippen molar-refractivity contribution in [3.05, 3.63) is 64.4 Å². The number of nitrogens with one attached hydrogen (secondary N) is 1. The molecule has 0 radical (unpaired) electrons. The minimum absolute atomic E-state index is 0.0685. The Labute approximate surface area is 106 Å². The highest BCUT2D eigenvalue weighted by Crippen LogP contribution is 2.24. The molecule has 0 spiro atoms. The van der Waals surface area contributed by atoms with Crippen LogP contribution in [0.5, 0.6) is 0 Å². The number of nitrogens with zero attached hydrogens (tertiary/aromatic N) is 1. The number of rotatable bonds is 3. The van der Waals surface area contributed by atoms with Gasteiger partial charge in [-0.2, -0.15) is 0 Å². The lowest BCUT2D eigenvalue weighted by atomic mass is 9.97. The molecule has 3 nitrogen and oxygen atoms in total. The van der Waals surface area contributed by atoms with E-state index in [4.69, 9.17) is 17.4 Å². The number of aromatic nitrogens is 1. The maximum absolute atomic E-state index is 5.87. The van der Waals surface area contributed by atoms with E-state index in [1.165, 1.54) is 0 Å². The molecule has 17 heavy (non-hydrogen) atoms. The number of halogens is 1. The topological polar surface area (TPSA) is 50.9 Å². The number of hydrazine groups is 1. The van der Waals surface area contributed by atoms with Crippen LogP contribution in [0.4, 0.5) is 0 Å². The average Bonchev–Trinajstić information content (AvgIpc) is 2.35. The third kappa shape index (κ3) is 2.64. The number of benzene rings is 1. The number of aryl methyl sites for hydroxylation is 1. The zero-order valence-corrected chi connectivity index (χ0v) is 10.3. The lowest BCUT2D eigenvalue weighted by Crippen LogP contribution is -2.29. The predicted molar refractivity (Wildman–Crippen MR) is 69.6 cm³/mol. The first-order valence-electron chi connectivity index (χ1n) is 5.34. The Morgan fingerprint density at radius 3 is 2.53 bits per heavy atom. The zero-order valence-electron chi connectivity index (χ0n) is 9.52. The van der Waals surface area contributed by atoms with Gasteiger partial charge in [-0.15, -0.1) is 0 Å². The molecule has 4 heteroatoms. The lowest BCUT2D eigenvalue weighted by Gasteiger charge is -2.18. The molecule has 0 fully saturated rings. The van der Waals surface area contributed by atoms with Gasteiger partial charge in [0.2, 0.25) is 0 Å². The van der Waals surface area contributed by atoms with E-state index >= 15 is 0 Å². The Kier molecular flexibility index (Phi) is 3.74. The third-order valence-corrected chi connectivity index (χ3v) is 3.01. The molecule has 1 unspecified atom stereocenters. The number of nitrogens with two attached hydrogens (primary N) is 1. The van der Waals surface area contributed by atoms with E-state index in [1.807, 2.05) is 43.5 Å². The molecule has 0 aliphatic heterocycles. The second-order valence-corrected chi connectivity index (χ2v) is 4.32. The summed E-state index contributed by atoms with van der Waals surface area (Å²) in [5, 5.41) is 0.715. The summed E-state index contributed by atoms with van der Waals surface area (Å²) < 4.78 is 0. The maximum atomic E-state index is 5.87. The maximum Gasteiger partial charge on any atom is 0.0727 e. The summed E-state index contributed by atoms with van der Waals surface area (Å²) in [7, 11) is 0. The minimum atomic E-state index is -0.0685. The Morgan fingerprint density at radius 2 is 1.94 bits per heavy atom. The molecular weight excluding hydrogens is 234 g/mol. The van der Waals surface area contributed by atoms with Gasteiger partial charge < -0.3 is 0 Å². The van der Waals surface area contributed by atoms with Crippen LogP contribution in [-0.2, 0) is 0 Å². The van der Waals surface area contributed by atoms with Crippen molar-refractivity contribution in [1.29, 1.82) is 0 Å². The van der Waals surface area contributed by atoms with Gasteiger partial charge in [0.15, 0.2) is 0 Å². The van der Waals surface area contributed by atoms with Crippen LogP contribution < -0.4 is 11.3 Å². The molecule has 1 atom stereocenters. The van der Waals surface area contributed by atoms with E-state index < -0.39 is 0 Å². The Bertz CT molecular complexity index is 496. The van der Waals surface area contributed by atoms with Crippen molar-refractivity contribution in [3.8, 4) is 0 Å². The molecule has 0 saturated carbocycles. The van der Waals surface area contributed by atoms with Crippen LogP contribution in [0.25, 0.3) is 0 Å². The molecule has 2 aromatic rings. The van der Waals surface area contributed by atoms with Crippen LogP contribution in [0.1, 0.15) is 22.7 Å². The summed E-state index contributed by atoms with van der Waals surface area (Å²) in [5.41, 5.74) is 6.09. The first-order valence-corrected chi connectivity index (χ1v) is 5.72. The van der Waals surface area contributed by atoms with Gasteiger partial charge in [0, 0.05) is 17.4 Å². The molecule has 1 heterocycles. The summed E-state index contributed by atoms with van der Waals surface area (Å²) in [5.74, 6) is 5.63. The van der Waals surface area contributed by atoms with Crippen molar-refractivity contribution in [2.45, 2.75) is 13.0 Å². The molecule has 2 rings (SSSR count). The Morgan fingerprint density at radius 1 is 1.24 bits per heavy atom. The summed E-state index contributed by atoms with van der Waals surface area (Å²) in [6.45, 7) is 2.04. The fourth-order valence-corrected chi connectivity index (χ4v) is 1.93. The molecular formula is C13H14ClN3. The summed E-state index contributed by atoms with van der Waals surface area (Å²) in [6, 6.07) is 9.52. The number of hydrogen-bond acceptors (Lipinski definition) is 3. The third-order valence-electron chi connectivity index (χ3n) is 2.76. The molecule has 0 aliphatic rings. The van der Waals surface area contributed by atoms with Crippen molar-refractivity contribution in [2.75, 3.05) is 0 Å². The fraction of sp³-hybridized carbons (Fsp3) is 0.154. The highest BCUT2D eigenvalue weighted by atomic mass is 35.5. The van der Waals surface area contributed by atoms with Crippen LogP contribution in [0.3, 0.4) is 0 Å². The summed E-state index contributed by atoms with van der Waals surface area (Å²) in [4.78, 5) is 4.14. The molecule has 88 valence electrons. The molecule has 0 aliphatic carbocycles. The smallest absolute Gasteiger partial charge is 0.0727 e. The van der Waals surface area contributed by atoms with Crippen molar-refractivity contribution < 1.29 is 0 Å². The molecule has 0 amide bonds. The SMILES string of the molecule is Cc1ccncc1C(NN)c1ccc(Cl)cc1. The lowest BCUT2D eigenvalue weighted by molar-refractivity contribution is 0.631. The normalized spacial score (nSPS) is 12.4. The van der Waals surface area contributed by atoms with Crippen LogP contribution in [0, 0.1) is 6.92 Å². The highest BCUT2D eigenvalue weighted by Gasteiger charge is 2.14. The van der Waals surface area contributed by atoms with Crippen molar-refractivity contribution in [1.82, 2.24) is 10.4 Å². The first-order chi connectivity index (χ1) is 8.22. The predicted octanol–water partition coefficient (Wildman–Crippen LogP) is 2.60. The second kappa shape index (κ2) is 5.27. The van der Waals surface area contributed by atoms with E-state index in [9.17, 15) is 0 Å². The Hall–Kier alpha value is -1.42. The summed E-state index contributed by atoms with van der Waals surface area (Å²) >= 11 is 5.87. The van der Waals surface area contributed by atoms with Gasteiger partial charge in [-0.3, -0.25) is 10.8 Å². The van der Waals surface area contributed by atoms with Crippen molar-refractivity contribution in [2.24, 2.45) is 5.84 Å². The summed E-state index contributed by atoms with van der Waals surface area (Å²) in [6.07, 6.45) is 3.60. The quantitative estimate of drug-likeness (QED) is 0.648. The van der Waals surface area contributed by atoms with Gasteiger partial charge in [-0.1, -0.05) is 23.7 Å². The van der Waals surface area contributed by atoms with Gasteiger partial charge in [0.25, 0.3) is 0 Å². The van der Waals surface area contributed by atoms with Gasteiger partial charge in [-0.25, -0.2) is 5.43 Å². The largest absolute Gasteiger partial charge is 0.271 e. The fourth-order valence-electron chi connectivity index (χ4n) is 1.80. The monoisotopic (exact) mass is 247 g/mol. The standard InChI is InChI=1S/C13H14ClN3/c1-9-6-7-16-8-12(9)13(17-15)10-2-4-11(14)5-3-10/h2-8,13,17H,15H2,1H3. The average molecular weight is 248 g/mol. The molecule has 0 saturated heterocycles. The van der Waals surface area contributed by atoms with Crippen molar-refractivity contribution >= 4 is 11.6 Å². The number of pyridine rings is 1. The molecule has 3 N–H and O–H groups in total. The van der Waals surface area contributed by atoms with Crippen LogP contribution in [-0.4, -0.2) is 4.98 Å². The van der Waals surface area contributed by atoms with E-state index in [-0.39, 0.29) is 6.04 Å². The molecule has 1 aromatic heterocycles. The van der Waals surface area contributed by atoms with Gasteiger partial charge in [0.05, 0.1) is 6.04 Å². The van der Waals surface area contributed by atoms with E-state index in [0.717, 1.165) is 16.7 Å². The van der Waals surface area contributed by atoms with E-state index in [2.05, 4.69) is 10.4 Å². The van der Waals surface area contributed by atoms with Crippen LogP contribution >= 0.6 is 11.6 Å². The van der Waals surface area contributed by atoms with Gasteiger partial charge in [-0.05, 0) is 41.8 Å². The Balaban J connectivity index is 2.40. The second-order valence-electron chi connectivity index (χ2n) is 3.88. The highest BCUT2D eigenvalue weighted by molar-refractivity contribution is 6.30. The number of hydrogen-bond donors (Lipinski definition) is 2. The first kappa shape index (κ1) is 12.0. The van der Waals surface area contributed by atoms with Crippen LogP contribution in [0.15, 0.2) is 42.7 Å². The molecule has 0 bridgehead atoms. The van der Waals surface area contributed by atoms with Gasteiger partial charge >= 0.3 is 0 Å². The minimum Gasteiger partial charge on any atom is -0.271 e. The molecule has 1 aromatic carbocycles. The van der Waals surface area contributed by atoms with E-state index in [0.29, 0.717) is 5.02 Å². The van der Waals surface area contributed by atoms with Gasteiger partial charge in [0.1, 0.15) is 0 Å². The zero-order chi connectivity index (χ0) is 12.3. The van der Waals surface area contributed by atoms with E-state index in [1.54, 1.807) is 6.20 Å². The van der Waals surface area contributed by atoms with Crippen LogP contribution in [0.2, 0.25) is 5.02 Å².